The summed E-state index contributed by atoms with van der Waals surface area (Å²) in [6.45, 7) is 2.28. The molecular weight excluding hydrogens is 254 g/mol. The van der Waals surface area contributed by atoms with Gasteiger partial charge in [-0.2, -0.15) is 0 Å². The summed E-state index contributed by atoms with van der Waals surface area (Å²) in [5.74, 6) is 0. The molecule has 2 N–H and O–H groups in total. The van der Waals surface area contributed by atoms with Crippen LogP contribution in [0.15, 0.2) is 24.3 Å². The van der Waals surface area contributed by atoms with E-state index in [0.717, 1.165) is 6.42 Å². The van der Waals surface area contributed by atoms with Crippen LogP contribution in [0, 0.1) is 0 Å². The van der Waals surface area contributed by atoms with Crippen LogP contribution in [-0.2, 0) is 12.8 Å². The van der Waals surface area contributed by atoms with Crippen LogP contribution in [0.2, 0.25) is 0 Å². The molecule has 118 valence electrons. The molecule has 0 fully saturated rings. The highest BCUT2D eigenvalue weighted by atomic mass is 14.7. The second-order valence-corrected chi connectivity index (χ2v) is 7.03. The highest BCUT2D eigenvalue weighted by Crippen LogP contribution is 2.30. The summed E-state index contributed by atoms with van der Waals surface area (Å²) in [5.41, 5.74) is 9.73. The quantitative estimate of drug-likeness (QED) is 0.604. The van der Waals surface area contributed by atoms with Gasteiger partial charge >= 0.3 is 0 Å². The highest BCUT2D eigenvalue weighted by Gasteiger charge is 2.29. The van der Waals surface area contributed by atoms with Crippen molar-refractivity contribution in [3.63, 3.8) is 0 Å². The third-order valence-electron chi connectivity index (χ3n) is 5.08. The zero-order valence-electron chi connectivity index (χ0n) is 13.9. The standard InChI is InChI=1S/C20H33N/c1-2-3-4-5-6-7-8-11-15-20(21)16-14-18-12-9-10-13-19(18)17-20/h9-10,12-13H,2-8,11,14-17,21H2,1H3. The van der Waals surface area contributed by atoms with Crippen molar-refractivity contribution in [2.45, 2.75) is 89.5 Å². The van der Waals surface area contributed by atoms with Gasteiger partial charge in [0, 0.05) is 5.54 Å². The van der Waals surface area contributed by atoms with E-state index in [9.17, 15) is 0 Å². The number of fused-ring (bicyclic) bond motifs is 1. The molecule has 0 saturated carbocycles. The summed E-state index contributed by atoms with van der Waals surface area (Å²) in [5, 5.41) is 0. The number of hydrogen-bond acceptors (Lipinski definition) is 1. The van der Waals surface area contributed by atoms with Gasteiger partial charge in [-0.1, -0.05) is 82.6 Å². The first-order valence-corrected chi connectivity index (χ1v) is 9.09. The van der Waals surface area contributed by atoms with Gasteiger partial charge < -0.3 is 5.73 Å². The number of aryl methyl sites for hydroxylation is 1. The lowest BCUT2D eigenvalue weighted by Crippen LogP contribution is -2.45. The zero-order valence-corrected chi connectivity index (χ0v) is 13.9. The average molecular weight is 287 g/mol. The van der Waals surface area contributed by atoms with Gasteiger partial charge in [-0.15, -0.1) is 0 Å². The zero-order chi connectivity index (χ0) is 15.0. The predicted octanol–water partition coefficient (Wildman–Crippen LogP) is 5.40. The normalized spacial score (nSPS) is 21.2. The minimum absolute atomic E-state index is 0.0660. The molecule has 2 rings (SSSR count). The maximum atomic E-state index is 6.65. The van der Waals surface area contributed by atoms with Crippen LogP contribution < -0.4 is 5.73 Å². The third-order valence-corrected chi connectivity index (χ3v) is 5.08. The molecule has 1 aromatic carbocycles. The summed E-state index contributed by atoms with van der Waals surface area (Å²) in [6, 6.07) is 8.84. The lowest BCUT2D eigenvalue weighted by molar-refractivity contribution is 0.331. The number of benzene rings is 1. The first kappa shape index (κ1) is 16.5. The molecule has 1 nitrogen and oxygen atoms in total. The lowest BCUT2D eigenvalue weighted by Gasteiger charge is -2.35. The molecule has 0 aliphatic heterocycles. The molecule has 0 heterocycles. The van der Waals surface area contributed by atoms with Crippen molar-refractivity contribution in [1.82, 2.24) is 0 Å². The van der Waals surface area contributed by atoms with Crippen molar-refractivity contribution in [2.24, 2.45) is 5.73 Å². The Labute approximate surface area is 131 Å². The molecule has 0 amide bonds. The maximum Gasteiger partial charge on any atom is 0.0198 e. The van der Waals surface area contributed by atoms with E-state index in [0.29, 0.717) is 0 Å². The van der Waals surface area contributed by atoms with E-state index in [1.165, 1.54) is 81.8 Å². The van der Waals surface area contributed by atoms with E-state index in [1.807, 2.05) is 0 Å². The Bertz CT molecular complexity index is 412. The summed E-state index contributed by atoms with van der Waals surface area (Å²) in [7, 11) is 0. The average Bonchev–Trinajstić information content (AvgIpc) is 2.50. The van der Waals surface area contributed by atoms with Gasteiger partial charge in [0.1, 0.15) is 0 Å². The second kappa shape index (κ2) is 8.58. The number of rotatable bonds is 9. The van der Waals surface area contributed by atoms with Crippen LogP contribution in [0.3, 0.4) is 0 Å². The fourth-order valence-electron chi connectivity index (χ4n) is 3.65. The monoisotopic (exact) mass is 287 g/mol. The smallest absolute Gasteiger partial charge is 0.0198 e. The molecule has 0 bridgehead atoms. The Balaban J connectivity index is 1.63. The van der Waals surface area contributed by atoms with Crippen molar-refractivity contribution in [3.8, 4) is 0 Å². The van der Waals surface area contributed by atoms with Gasteiger partial charge in [0.25, 0.3) is 0 Å². The van der Waals surface area contributed by atoms with Crippen LogP contribution in [-0.4, -0.2) is 5.54 Å². The predicted molar refractivity (Wildman–Crippen MR) is 92.6 cm³/mol. The Kier molecular flexibility index (Phi) is 6.76. The molecule has 1 unspecified atom stereocenters. The topological polar surface area (TPSA) is 26.0 Å². The Hall–Kier alpha value is -0.820. The number of nitrogens with two attached hydrogens (primary N) is 1. The molecule has 0 saturated heterocycles. The summed E-state index contributed by atoms with van der Waals surface area (Å²) in [6.07, 6.45) is 15.7. The van der Waals surface area contributed by atoms with Crippen LogP contribution in [0.5, 0.6) is 0 Å². The van der Waals surface area contributed by atoms with E-state index >= 15 is 0 Å². The largest absolute Gasteiger partial charge is 0.325 e. The lowest BCUT2D eigenvalue weighted by atomic mass is 9.76. The minimum Gasteiger partial charge on any atom is -0.325 e. The Morgan fingerprint density at radius 3 is 2.24 bits per heavy atom. The van der Waals surface area contributed by atoms with Crippen LogP contribution in [0.4, 0.5) is 0 Å². The van der Waals surface area contributed by atoms with E-state index in [4.69, 9.17) is 5.73 Å². The Morgan fingerprint density at radius 2 is 1.52 bits per heavy atom. The van der Waals surface area contributed by atoms with Gasteiger partial charge in [0.05, 0.1) is 0 Å². The van der Waals surface area contributed by atoms with Crippen LogP contribution >= 0.6 is 0 Å². The van der Waals surface area contributed by atoms with Crippen molar-refractivity contribution in [1.29, 1.82) is 0 Å². The third kappa shape index (κ3) is 5.47. The van der Waals surface area contributed by atoms with Crippen molar-refractivity contribution < 1.29 is 0 Å². The van der Waals surface area contributed by atoms with Crippen molar-refractivity contribution in [2.75, 3.05) is 0 Å². The maximum absolute atomic E-state index is 6.65. The molecular formula is C20H33N. The van der Waals surface area contributed by atoms with Crippen LogP contribution in [0.25, 0.3) is 0 Å². The fourth-order valence-corrected chi connectivity index (χ4v) is 3.65. The highest BCUT2D eigenvalue weighted by molar-refractivity contribution is 5.31. The van der Waals surface area contributed by atoms with Gasteiger partial charge in [0.2, 0.25) is 0 Å². The second-order valence-electron chi connectivity index (χ2n) is 7.03. The van der Waals surface area contributed by atoms with Crippen LogP contribution in [0.1, 0.15) is 82.3 Å². The first-order chi connectivity index (χ1) is 10.2. The summed E-state index contributed by atoms with van der Waals surface area (Å²) >= 11 is 0. The van der Waals surface area contributed by atoms with E-state index < -0.39 is 0 Å². The molecule has 1 atom stereocenters. The van der Waals surface area contributed by atoms with E-state index in [-0.39, 0.29) is 5.54 Å². The molecule has 1 aliphatic rings. The SMILES string of the molecule is CCCCCCCCCCC1(N)CCc2ccccc2C1. The molecule has 1 aromatic rings. The van der Waals surface area contributed by atoms with Gasteiger partial charge in [-0.25, -0.2) is 0 Å². The summed E-state index contributed by atoms with van der Waals surface area (Å²) < 4.78 is 0. The van der Waals surface area contributed by atoms with Crippen molar-refractivity contribution >= 4 is 0 Å². The van der Waals surface area contributed by atoms with Crippen molar-refractivity contribution in [3.05, 3.63) is 35.4 Å². The first-order valence-electron chi connectivity index (χ1n) is 9.09. The molecule has 1 heteroatoms. The molecule has 0 radical (unpaired) electrons. The fraction of sp³-hybridized carbons (Fsp3) is 0.700. The van der Waals surface area contributed by atoms with E-state index in [2.05, 4.69) is 31.2 Å². The number of hydrogen-bond donors (Lipinski definition) is 1. The van der Waals surface area contributed by atoms with Gasteiger partial charge in [-0.3, -0.25) is 0 Å². The molecule has 21 heavy (non-hydrogen) atoms. The Morgan fingerprint density at radius 1 is 0.905 bits per heavy atom. The molecule has 0 spiro atoms. The number of unbranched alkanes of at least 4 members (excludes halogenated alkanes) is 7. The molecule has 0 aromatic heterocycles. The van der Waals surface area contributed by atoms with E-state index in [1.54, 1.807) is 0 Å². The molecule has 1 aliphatic carbocycles. The summed E-state index contributed by atoms with van der Waals surface area (Å²) in [4.78, 5) is 0. The van der Waals surface area contributed by atoms with Gasteiger partial charge in [0.15, 0.2) is 0 Å². The minimum atomic E-state index is 0.0660. The van der Waals surface area contributed by atoms with Gasteiger partial charge in [-0.05, 0) is 36.8 Å².